The maximum Gasteiger partial charge on any atom is 0.284 e. The van der Waals surface area contributed by atoms with Gasteiger partial charge in [0.1, 0.15) is 0 Å². The number of nitro groups is 1. The number of thiazole rings is 1. The second-order valence-corrected chi connectivity index (χ2v) is 6.62. The lowest BCUT2D eigenvalue weighted by Gasteiger charge is -1.98. The van der Waals surface area contributed by atoms with Crippen molar-refractivity contribution < 1.29 is 9.72 Å². The molecule has 8 heteroatoms. The summed E-state index contributed by atoms with van der Waals surface area (Å²) in [6.45, 7) is 0. The fraction of sp³-hybridized carbons (Fsp3) is 0.0667. The number of amides is 1. The molecular weight excluding hydrogens is 382 g/mol. The van der Waals surface area contributed by atoms with Crippen LogP contribution in [0.1, 0.15) is 10.4 Å². The van der Waals surface area contributed by atoms with E-state index in [2.05, 4.69) is 20.9 Å². The van der Waals surface area contributed by atoms with Crippen molar-refractivity contribution in [1.82, 2.24) is 4.57 Å². The van der Waals surface area contributed by atoms with Gasteiger partial charge in [-0.2, -0.15) is 4.99 Å². The summed E-state index contributed by atoms with van der Waals surface area (Å²) in [6.07, 6.45) is 0. The van der Waals surface area contributed by atoms with Crippen LogP contribution in [0.2, 0.25) is 0 Å². The van der Waals surface area contributed by atoms with Gasteiger partial charge in [-0.1, -0.05) is 23.5 Å². The molecule has 23 heavy (non-hydrogen) atoms. The van der Waals surface area contributed by atoms with Crippen molar-refractivity contribution in [2.45, 2.75) is 0 Å². The number of halogens is 1. The summed E-state index contributed by atoms with van der Waals surface area (Å²) in [5.41, 5.74) is 0.995. The number of fused-ring (bicyclic) bond motifs is 1. The molecule has 0 atom stereocenters. The minimum absolute atomic E-state index is 0.160. The van der Waals surface area contributed by atoms with Crippen LogP contribution in [-0.4, -0.2) is 15.4 Å². The zero-order valence-electron chi connectivity index (χ0n) is 11.9. The van der Waals surface area contributed by atoms with E-state index in [1.165, 1.54) is 29.5 Å². The number of nitro benzene ring substituents is 1. The minimum atomic E-state index is -0.541. The summed E-state index contributed by atoms with van der Waals surface area (Å²) >= 11 is 4.49. The highest BCUT2D eigenvalue weighted by atomic mass is 79.9. The van der Waals surface area contributed by atoms with E-state index in [9.17, 15) is 14.9 Å². The largest absolute Gasteiger partial charge is 0.319 e. The highest BCUT2D eigenvalue weighted by Crippen LogP contribution is 2.26. The Kier molecular flexibility index (Phi) is 4.10. The Morgan fingerprint density at radius 2 is 2.04 bits per heavy atom. The van der Waals surface area contributed by atoms with Crippen LogP contribution in [0.15, 0.2) is 51.9 Å². The van der Waals surface area contributed by atoms with Crippen molar-refractivity contribution in [1.29, 1.82) is 0 Å². The number of benzene rings is 2. The molecule has 6 nitrogen and oxygen atoms in total. The van der Waals surface area contributed by atoms with Gasteiger partial charge in [0.05, 0.1) is 19.6 Å². The maximum absolute atomic E-state index is 12.3. The first-order valence-corrected chi connectivity index (χ1v) is 8.16. The molecule has 0 aliphatic rings. The molecule has 3 aromatic rings. The summed E-state index contributed by atoms with van der Waals surface area (Å²) in [7, 11) is 1.83. The van der Waals surface area contributed by atoms with Gasteiger partial charge in [0.2, 0.25) is 0 Å². The zero-order valence-corrected chi connectivity index (χ0v) is 14.3. The van der Waals surface area contributed by atoms with Crippen LogP contribution in [0, 0.1) is 10.1 Å². The van der Waals surface area contributed by atoms with Crippen LogP contribution in [0.4, 0.5) is 5.69 Å². The molecule has 3 rings (SSSR count). The second kappa shape index (κ2) is 6.05. The summed E-state index contributed by atoms with van der Waals surface area (Å²) in [4.78, 5) is 27.4. The van der Waals surface area contributed by atoms with E-state index in [0.29, 0.717) is 9.27 Å². The number of carbonyl (C=O) groups excluding carboxylic acids is 1. The van der Waals surface area contributed by atoms with E-state index >= 15 is 0 Å². The van der Waals surface area contributed by atoms with Gasteiger partial charge < -0.3 is 4.57 Å². The van der Waals surface area contributed by atoms with Crippen molar-refractivity contribution in [3.63, 3.8) is 0 Å². The normalized spacial score (nSPS) is 11.8. The maximum atomic E-state index is 12.3. The molecule has 0 fully saturated rings. The third kappa shape index (κ3) is 2.95. The zero-order chi connectivity index (χ0) is 16.6. The molecule has 0 saturated carbocycles. The molecule has 0 radical (unpaired) electrons. The molecule has 0 spiro atoms. The highest BCUT2D eigenvalue weighted by Gasteiger charge is 2.16. The Bertz CT molecular complexity index is 1010. The summed E-state index contributed by atoms with van der Waals surface area (Å²) in [5, 5.41) is 11.0. The number of hydrogen-bond donors (Lipinski definition) is 0. The van der Waals surface area contributed by atoms with Gasteiger partial charge in [0.15, 0.2) is 4.80 Å². The van der Waals surface area contributed by atoms with Gasteiger partial charge in [-0.05, 0) is 40.2 Å². The van der Waals surface area contributed by atoms with E-state index in [1.54, 1.807) is 0 Å². The Morgan fingerprint density at radius 3 is 2.74 bits per heavy atom. The highest BCUT2D eigenvalue weighted by molar-refractivity contribution is 9.10. The summed E-state index contributed by atoms with van der Waals surface area (Å²) in [5.74, 6) is -0.511. The molecule has 2 aromatic carbocycles. The molecule has 0 aliphatic heterocycles. The number of nitrogens with zero attached hydrogens (tertiary/aromatic N) is 3. The molecule has 1 amide bonds. The van der Waals surface area contributed by atoms with Gasteiger partial charge in [-0.3, -0.25) is 14.9 Å². The Labute approximate surface area is 143 Å². The van der Waals surface area contributed by atoms with E-state index in [-0.39, 0.29) is 11.3 Å². The lowest BCUT2D eigenvalue weighted by atomic mass is 10.2. The van der Waals surface area contributed by atoms with Crippen LogP contribution in [0.25, 0.3) is 10.2 Å². The number of aromatic nitrogens is 1. The molecular formula is C15H10BrN3O3S. The number of rotatable bonds is 2. The van der Waals surface area contributed by atoms with Crippen molar-refractivity contribution >= 4 is 49.1 Å². The smallest absolute Gasteiger partial charge is 0.284 e. The molecule has 1 heterocycles. The average molecular weight is 392 g/mol. The van der Waals surface area contributed by atoms with Gasteiger partial charge in [-0.15, -0.1) is 0 Å². The molecule has 0 N–H and O–H groups in total. The first-order valence-electron chi connectivity index (χ1n) is 6.55. The van der Waals surface area contributed by atoms with E-state index < -0.39 is 10.8 Å². The van der Waals surface area contributed by atoms with E-state index in [0.717, 1.165) is 10.2 Å². The molecule has 0 bridgehead atoms. The quantitative estimate of drug-likeness (QED) is 0.493. The lowest BCUT2D eigenvalue weighted by Crippen LogP contribution is -2.13. The second-order valence-electron chi connectivity index (χ2n) is 4.75. The van der Waals surface area contributed by atoms with Crippen molar-refractivity contribution in [3.05, 3.63) is 67.4 Å². The predicted molar refractivity (Wildman–Crippen MR) is 91.5 cm³/mol. The summed E-state index contributed by atoms with van der Waals surface area (Å²) in [6, 6.07) is 11.9. The van der Waals surface area contributed by atoms with Gasteiger partial charge in [-0.25, -0.2) is 0 Å². The van der Waals surface area contributed by atoms with Crippen LogP contribution < -0.4 is 4.80 Å². The van der Waals surface area contributed by atoms with Gasteiger partial charge in [0, 0.05) is 18.7 Å². The average Bonchev–Trinajstić information content (AvgIpc) is 2.84. The van der Waals surface area contributed by atoms with Gasteiger partial charge in [0.25, 0.3) is 11.6 Å². The monoisotopic (exact) mass is 391 g/mol. The SMILES string of the molecule is Cn1c(=NC(=O)c2ccc(Br)c([N+](=O)[O-])c2)sc2ccccc21. The Balaban J connectivity index is 2.08. The summed E-state index contributed by atoms with van der Waals surface area (Å²) < 4.78 is 3.17. The first kappa shape index (κ1) is 15.6. The lowest BCUT2D eigenvalue weighted by molar-refractivity contribution is -0.385. The fourth-order valence-electron chi connectivity index (χ4n) is 2.13. The standard InChI is InChI=1S/C15H10BrN3O3S/c1-18-11-4-2-3-5-13(11)23-15(18)17-14(20)9-6-7-10(16)12(8-9)19(21)22/h2-8H,1H3. The van der Waals surface area contributed by atoms with E-state index in [1.807, 2.05) is 35.9 Å². The predicted octanol–water partition coefficient (Wildman–Crippen LogP) is 3.65. The van der Waals surface area contributed by atoms with Crippen molar-refractivity contribution in [2.24, 2.45) is 12.0 Å². The molecule has 0 unspecified atom stereocenters. The van der Waals surface area contributed by atoms with E-state index in [4.69, 9.17) is 0 Å². The molecule has 0 saturated heterocycles. The first-order chi connectivity index (χ1) is 11.0. The Morgan fingerprint density at radius 1 is 1.30 bits per heavy atom. The molecule has 0 aliphatic carbocycles. The van der Waals surface area contributed by atoms with Crippen LogP contribution in [-0.2, 0) is 7.05 Å². The minimum Gasteiger partial charge on any atom is -0.319 e. The number of carbonyl (C=O) groups is 1. The molecule has 1 aromatic heterocycles. The van der Waals surface area contributed by atoms with Crippen molar-refractivity contribution in [2.75, 3.05) is 0 Å². The topological polar surface area (TPSA) is 77.5 Å². The fourth-order valence-corrected chi connectivity index (χ4v) is 3.53. The van der Waals surface area contributed by atoms with Crippen LogP contribution >= 0.6 is 27.3 Å². The molecule has 116 valence electrons. The Hall–Kier alpha value is -2.32. The van der Waals surface area contributed by atoms with Crippen molar-refractivity contribution in [3.8, 4) is 0 Å². The van der Waals surface area contributed by atoms with Gasteiger partial charge >= 0.3 is 0 Å². The van der Waals surface area contributed by atoms with Crippen LogP contribution in [0.3, 0.4) is 0 Å². The third-order valence-electron chi connectivity index (χ3n) is 3.30. The number of hydrogen-bond acceptors (Lipinski definition) is 4. The number of para-hydroxylation sites is 1. The van der Waals surface area contributed by atoms with Crippen LogP contribution in [0.5, 0.6) is 0 Å². The number of aryl methyl sites for hydroxylation is 1. The third-order valence-corrected chi connectivity index (χ3v) is 5.09.